The molecule has 0 bridgehead atoms. The number of halogens is 5. The molecular weight excluding hydrogens is 586 g/mol. The van der Waals surface area contributed by atoms with Gasteiger partial charge in [0.05, 0.1) is 10.5 Å². The summed E-state index contributed by atoms with van der Waals surface area (Å²) >= 11 is 7.48. The van der Waals surface area contributed by atoms with E-state index < -0.39 is 32.9 Å². The molecule has 2 aromatic carbocycles. The van der Waals surface area contributed by atoms with Crippen molar-refractivity contribution >= 4 is 44.7 Å². The fourth-order valence-electron chi connectivity index (χ4n) is 3.77. The Morgan fingerprint density at radius 2 is 1.85 bits per heavy atom. The van der Waals surface area contributed by atoms with Gasteiger partial charge in [0.25, 0.3) is 10.0 Å². The van der Waals surface area contributed by atoms with Crippen molar-refractivity contribution in [2.75, 3.05) is 17.8 Å². The lowest BCUT2D eigenvalue weighted by Gasteiger charge is -2.36. The highest BCUT2D eigenvalue weighted by molar-refractivity contribution is 7.92. The van der Waals surface area contributed by atoms with E-state index in [1.165, 1.54) is 27.8 Å². The normalized spacial score (nSPS) is 15.6. The number of carbonyl (C=O) groups is 1. The maximum absolute atomic E-state index is 14.7. The number of nitrogens with zero attached hydrogens (tertiary/aromatic N) is 2. The number of thiazole rings is 1. The van der Waals surface area contributed by atoms with Gasteiger partial charge < -0.3 is 9.84 Å². The number of piperidine rings is 1. The van der Waals surface area contributed by atoms with Gasteiger partial charge in [-0.15, -0.1) is 11.3 Å². The highest BCUT2D eigenvalue weighted by Gasteiger charge is 2.38. The SMILES string of the molecule is C[C@H](c1ccccc1)N1CCC(Oc2cc(F)c(S(=O)(=O)Nc3cscn3)cc2Cl)CC1.O=C(O)C(F)(F)F. The van der Waals surface area contributed by atoms with Crippen LogP contribution in [0.25, 0.3) is 0 Å². The Labute approximate surface area is 231 Å². The summed E-state index contributed by atoms with van der Waals surface area (Å²) in [7, 11) is -4.16. The van der Waals surface area contributed by atoms with Crippen LogP contribution in [0.15, 0.2) is 58.3 Å². The molecule has 0 unspecified atom stereocenters. The standard InChI is InChI=1S/C22H23ClFN3O3S2.C2HF3O2/c1-15(16-5-3-2-4-6-16)27-9-7-17(8-10-27)30-20-12-19(24)21(11-18(20)23)32(28,29)26-22-13-31-14-25-22;3-2(4,5)1(6)7/h2-6,11-15,17,26H,7-10H2,1H3;(H,6,7)/t15-;/m1./s1. The monoisotopic (exact) mass is 609 g/mol. The summed E-state index contributed by atoms with van der Waals surface area (Å²) in [4.78, 5) is 14.6. The molecule has 1 aliphatic heterocycles. The second-order valence-corrected chi connectivity index (χ2v) is 11.2. The van der Waals surface area contributed by atoms with Gasteiger partial charge in [0.2, 0.25) is 0 Å². The molecule has 0 saturated carbocycles. The number of rotatable bonds is 7. The molecule has 1 fully saturated rings. The fraction of sp³-hybridized carbons (Fsp3) is 0.333. The second-order valence-electron chi connectivity index (χ2n) is 8.43. The molecule has 212 valence electrons. The van der Waals surface area contributed by atoms with Gasteiger partial charge in [0, 0.05) is 30.6 Å². The molecule has 4 rings (SSSR count). The van der Waals surface area contributed by atoms with Crippen LogP contribution in [0, 0.1) is 5.82 Å². The third-order valence-corrected chi connectivity index (χ3v) is 8.04. The number of carboxylic acids is 1. The predicted molar refractivity (Wildman–Crippen MR) is 138 cm³/mol. The molecule has 0 radical (unpaired) electrons. The first kappa shape index (κ1) is 30.6. The van der Waals surface area contributed by atoms with Crippen molar-refractivity contribution in [3.05, 3.63) is 69.8 Å². The molecular formula is C24H24ClF4N3O5S2. The lowest BCUT2D eigenvalue weighted by Crippen LogP contribution is -2.39. The minimum atomic E-state index is -5.08. The number of benzene rings is 2. The molecule has 39 heavy (non-hydrogen) atoms. The smallest absolute Gasteiger partial charge is 0.489 e. The number of likely N-dealkylation sites (tertiary alicyclic amines) is 1. The van der Waals surface area contributed by atoms with E-state index >= 15 is 0 Å². The largest absolute Gasteiger partial charge is 0.490 e. The van der Waals surface area contributed by atoms with Gasteiger partial charge in [-0.2, -0.15) is 13.2 Å². The van der Waals surface area contributed by atoms with E-state index in [-0.39, 0.29) is 22.7 Å². The van der Waals surface area contributed by atoms with Crippen molar-refractivity contribution in [2.45, 2.75) is 43.0 Å². The van der Waals surface area contributed by atoms with Crippen LogP contribution in [0.2, 0.25) is 5.02 Å². The Bertz CT molecular complexity index is 1350. The van der Waals surface area contributed by atoms with Gasteiger partial charge in [0.15, 0.2) is 5.82 Å². The quantitative estimate of drug-likeness (QED) is 0.318. The number of aliphatic carboxylic acids is 1. The molecule has 0 aliphatic carbocycles. The predicted octanol–water partition coefficient (Wildman–Crippen LogP) is 5.97. The number of alkyl halides is 3. The van der Waals surface area contributed by atoms with Gasteiger partial charge in [-0.1, -0.05) is 41.9 Å². The molecule has 0 amide bonds. The lowest BCUT2D eigenvalue weighted by molar-refractivity contribution is -0.192. The third kappa shape index (κ3) is 8.52. The highest BCUT2D eigenvalue weighted by Crippen LogP contribution is 2.33. The molecule has 1 saturated heterocycles. The highest BCUT2D eigenvalue weighted by atomic mass is 35.5. The summed E-state index contributed by atoms with van der Waals surface area (Å²) in [5, 5.41) is 8.68. The molecule has 8 nitrogen and oxygen atoms in total. The minimum absolute atomic E-state index is 0.0464. The topological polar surface area (TPSA) is 109 Å². The van der Waals surface area contributed by atoms with Crippen LogP contribution in [-0.2, 0) is 14.8 Å². The van der Waals surface area contributed by atoms with Gasteiger partial charge in [-0.3, -0.25) is 9.62 Å². The van der Waals surface area contributed by atoms with Gasteiger partial charge in [-0.25, -0.2) is 22.6 Å². The van der Waals surface area contributed by atoms with E-state index in [1.807, 2.05) is 18.2 Å². The molecule has 1 atom stereocenters. The number of sulfonamides is 1. The maximum Gasteiger partial charge on any atom is 0.490 e. The van der Waals surface area contributed by atoms with Crippen molar-refractivity contribution in [3.8, 4) is 5.75 Å². The summed E-state index contributed by atoms with van der Waals surface area (Å²) in [5.41, 5.74) is 2.74. The third-order valence-electron chi connectivity index (χ3n) is 5.79. The molecule has 1 aliphatic rings. The average Bonchev–Trinajstić information content (AvgIpc) is 3.38. The van der Waals surface area contributed by atoms with Crippen molar-refractivity contribution in [1.82, 2.24) is 9.88 Å². The van der Waals surface area contributed by atoms with Crippen molar-refractivity contribution < 1.29 is 40.6 Å². The van der Waals surface area contributed by atoms with E-state index in [4.69, 9.17) is 26.2 Å². The van der Waals surface area contributed by atoms with Crippen molar-refractivity contribution in [3.63, 3.8) is 0 Å². The summed E-state index contributed by atoms with van der Waals surface area (Å²) in [6, 6.07) is 12.7. The Balaban J connectivity index is 0.000000532. The van der Waals surface area contributed by atoms with E-state index in [0.717, 1.165) is 38.1 Å². The zero-order valence-electron chi connectivity index (χ0n) is 20.4. The average molecular weight is 610 g/mol. The summed E-state index contributed by atoms with van der Waals surface area (Å²) < 4.78 is 79.6. The number of anilines is 1. The number of carboxylic acid groups (broad SMARTS) is 1. The van der Waals surface area contributed by atoms with E-state index in [1.54, 1.807) is 0 Å². The molecule has 1 aromatic heterocycles. The van der Waals surface area contributed by atoms with Crippen LogP contribution in [0.5, 0.6) is 5.75 Å². The summed E-state index contributed by atoms with van der Waals surface area (Å²) in [6.45, 7) is 3.86. The minimum Gasteiger partial charge on any atom is -0.489 e. The van der Waals surface area contributed by atoms with E-state index in [2.05, 4.69) is 33.7 Å². The fourth-order valence-corrected chi connectivity index (χ4v) is 5.68. The lowest BCUT2D eigenvalue weighted by atomic mass is 10.0. The maximum atomic E-state index is 14.7. The zero-order chi connectivity index (χ0) is 28.8. The number of aromatic nitrogens is 1. The molecule has 2 heterocycles. The van der Waals surface area contributed by atoms with Gasteiger partial charge in [0.1, 0.15) is 22.6 Å². The van der Waals surface area contributed by atoms with Crippen molar-refractivity contribution in [2.24, 2.45) is 0 Å². The van der Waals surface area contributed by atoms with E-state index in [0.29, 0.717) is 6.04 Å². The first-order valence-corrected chi connectivity index (χ1v) is 14.2. The number of hydrogen-bond donors (Lipinski definition) is 2. The first-order valence-electron chi connectivity index (χ1n) is 11.4. The zero-order valence-corrected chi connectivity index (χ0v) is 22.7. The van der Waals surface area contributed by atoms with Crippen LogP contribution in [0.1, 0.15) is 31.4 Å². The van der Waals surface area contributed by atoms with Crippen LogP contribution in [-0.4, -0.2) is 54.7 Å². The Morgan fingerprint density at radius 1 is 1.23 bits per heavy atom. The van der Waals surface area contributed by atoms with Crippen molar-refractivity contribution in [1.29, 1.82) is 0 Å². The van der Waals surface area contributed by atoms with Crippen LogP contribution < -0.4 is 9.46 Å². The van der Waals surface area contributed by atoms with Crippen LogP contribution >= 0.6 is 22.9 Å². The second kappa shape index (κ2) is 12.9. The summed E-state index contributed by atoms with van der Waals surface area (Å²) in [6.07, 6.45) is -3.68. The molecule has 3 aromatic rings. The Hall–Kier alpha value is -2.94. The van der Waals surface area contributed by atoms with Crippen LogP contribution in [0.4, 0.5) is 23.4 Å². The van der Waals surface area contributed by atoms with E-state index in [9.17, 15) is 26.0 Å². The number of nitrogens with one attached hydrogen (secondary N) is 1. The number of hydrogen-bond acceptors (Lipinski definition) is 7. The number of ether oxygens (including phenoxy) is 1. The molecule has 0 spiro atoms. The van der Waals surface area contributed by atoms with Gasteiger partial charge >= 0.3 is 12.1 Å². The van der Waals surface area contributed by atoms with Gasteiger partial charge in [-0.05, 0) is 31.4 Å². The summed E-state index contributed by atoms with van der Waals surface area (Å²) in [5.74, 6) is -3.41. The van der Waals surface area contributed by atoms with Crippen LogP contribution in [0.3, 0.4) is 0 Å². The Morgan fingerprint density at radius 3 is 2.38 bits per heavy atom. The Kier molecular flexibility index (Phi) is 10.2. The first-order chi connectivity index (χ1) is 18.3. The molecule has 15 heteroatoms. The molecule has 2 N–H and O–H groups in total.